The van der Waals surface area contributed by atoms with E-state index in [1.807, 2.05) is 13.0 Å². The van der Waals surface area contributed by atoms with Gasteiger partial charge >= 0.3 is 11.9 Å². The third-order valence-electron chi connectivity index (χ3n) is 3.45. The van der Waals surface area contributed by atoms with Gasteiger partial charge in [0.1, 0.15) is 0 Å². The number of carbonyl (C=O) groups is 2. The molecule has 0 atom stereocenters. The van der Waals surface area contributed by atoms with Crippen molar-refractivity contribution in [1.29, 1.82) is 0 Å². The lowest BCUT2D eigenvalue weighted by molar-refractivity contribution is -0.156. The van der Waals surface area contributed by atoms with Crippen LogP contribution in [-0.2, 0) is 19.1 Å². The van der Waals surface area contributed by atoms with Crippen molar-refractivity contribution < 1.29 is 19.1 Å². The molecule has 0 aliphatic heterocycles. The van der Waals surface area contributed by atoms with E-state index >= 15 is 0 Å². The standard InChI is InChI=1S/C18H20N2O4/c1-4-23-17(21)15(18(22)24-5-2)13-9-6-8-12(3)14(13)16-19-10-7-11-20-16/h6-11,15H,4-5H2,1-3H3. The molecule has 0 amide bonds. The summed E-state index contributed by atoms with van der Waals surface area (Å²) in [6.45, 7) is 5.62. The molecule has 0 spiro atoms. The highest BCUT2D eigenvalue weighted by Crippen LogP contribution is 2.31. The van der Waals surface area contributed by atoms with E-state index in [-0.39, 0.29) is 13.2 Å². The summed E-state index contributed by atoms with van der Waals surface area (Å²) in [6.07, 6.45) is 3.23. The van der Waals surface area contributed by atoms with Gasteiger partial charge in [-0.25, -0.2) is 9.97 Å². The second-order valence-corrected chi connectivity index (χ2v) is 5.05. The highest BCUT2D eigenvalue weighted by atomic mass is 16.6. The number of aryl methyl sites for hydroxylation is 1. The van der Waals surface area contributed by atoms with Crippen molar-refractivity contribution in [2.45, 2.75) is 26.7 Å². The first-order valence-electron chi connectivity index (χ1n) is 7.80. The van der Waals surface area contributed by atoms with Gasteiger partial charge in [0.2, 0.25) is 0 Å². The smallest absolute Gasteiger partial charge is 0.324 e. The molecule has 0 saturated carbocycles. The quantitative estimate of drug-likeness (QED) is 0.599. The topological polar surface area (TPSA) is 78.4 Å². The van der Waals surface area contributed by atoms with Gasteiger partial charge in [0.15, 0.2) is 11.7 Å². The van der Waals surface area contributed by atoms with Crippen LogP contribution in [0.4, 0.5) is 0 Å². The largest absolute Gasteiger partial charge is 0.465 e. The molecule has 1 heterocycles. The normalized spacial score (nSPS) is 10.5. The van der Waals surface area contributed by atoms with Crippen molar-refractivity contribution in [1.82, 2.24) is 9.97 Å². The van der Waals surface area contributed by atoms with Gasteiger partial charge in [-0.05, 0) is 38.0 Å². The lowest BCUT2D eigenvalue weighted by Gasteiger charge is -2.18. The maximum atomic E-state index is 12.4. The van der Waals surface area contributed by atoms with E-state index in [2.05, 4.69) is 9.97 Å². The number of rotatable bonds is 6. The molecule has 126 valence electrons. The highest BCUT2D eigenvalue weighted by molar-refractivity contribution is 6.02. The second-order valence-electron chi connectivity index (χ2n) is 5.05. The Morgan fingerprint density at radius 2 is 1.58 bits per heavy atom. The van der Waals surface area contributed by atoms with Crippen LogP contribution in [-0.4, -0.2) is 35.1 Å². The lowest BCUT2D eigenvalue weighted by atomic mass is 9.90. The first-order valence-corrected chi connectivity index (χ1v) is 7.80. The summed E-state index contributed by atoms with van der Waals surface area (Å²) in [6, 6.07) is 7.07. The van der Waals surface area contributed by atoms with Crippen molar-refractivity contribution in [2.75, 3.05) is 13.2 Å². The van der Waals surface area contributed by atoms with Crippen molar-refractivity contribution in [3.8, 4) is 11.4 Å². The summed E-state index contributed by atoms with van der Waals surface area (Å²) in [5, 5.41) is 0. The number of hydrogen-bond donors (Lipinski definition) is 0. The van der Waals surface area contributed by atoms with Crippen LogP contribution < -0.4 is 0 Å². The first kappa shape index (κ1) is 17.6. The van der Waals surface area contributed by atoms with Crippen molar-refractivity contribution in [3.63, 3.8) is 0 Å². The molecule has 2 rings (SSSR count). The molecule has 6 heteroatoms. The zero-order valence-corrected chi connectivity index (χ0v) is 14.0. The Bertz CT molecular complexity index is 698. The van der Waals surface area contributed by atoms with E-state index < -0.39 is 17.9 Å². The highest BCUT2D eigenvalue weighted by Gasteiger charge is 2.34. The number of benzene rings is 1. The predicted octanol–water partition coefficient (Wildman–Crippen LogP) is 2.66. The molecule has 0 bridgehead atoms. The Kier molecular flexibility index (Phi) is 6.01. The molecule has 2 aromatic rings. The van der Waals surface area contributed by atoms with Gasteiger partial charge in [0, 0.05) is 18.0 Å². The minimum Gasteiger partial charge on any atom is -0.465 e. The fraction of sp³-hybridized carbons (Fsp3) is 0.333. The first-order chi connectivity index (χ1) is 11.6. The molecule has 1 aromatic heterocycles. The van der Waals surface area contributed by atoms with Crippen LogP contribution in [0.5, 0.6) is 0 Å². The molecule has 0 aliphatic carbocycles. The molecular weight excluding hydrogens is 308 g/mol. The maximum Gasteiger partial charge on any atom is 0.324 e. The number of carbonyl (C=O) groups excluding carboxylic acids is 2. The number of nitrogens with zero attached hydrogens (tertiary/aromatic N) is 2. The Morgan fingerprint density at radius 1 is 1.00 bits per heavy atom. The van der Waals surface area contributed by atoms with Gasteiger partial charge in [0.25, 0.3) is 0 Å². The van der Waals surface area contributed by atoms with Crippen LogP contribution in [0, 0.1) is 6.92 Å². The third-order valence-corrected chi connectivity index (χ3v) is 3.45. The van der Waals surface area contributed by atoms with Gasteiger partial charge in [-0.3, -0.25) is 9.59 Å². The summed E-state index contributed by atoms with van der Waals surface area (Å²) in [4.78, 5) is 33.3. The van der Waals surface area contributed by atoms with E-state index in [0.29, 0.717) is 17.0 Å². The van der Waals surface area contributed by atoms with E-state index in [4.69, 9.17) is 9.47 Å². The molecule has 1 aromatic carbocycles. The van der Waals surface area contributed by atoms with Crippen molar-refractivity contribution in [3.05, 3.63) is 47.8 Å². The van der Waals surface area contributed by atoms with Crippen LogP contribution in [0.25, 0.3) is 11.4 Å². The SMILES string of the molecule is CCOC(=O)C(C(=O)OCC)c1cccc(C)c1-c1ncccn1. The molecule has 0 unspecified atom stereocenters. The zero-order chi connectivity index (χ0) is 17.5. The summed E-state index contributed by atoms with van der Waals surface area (Å²) in [7, 11) is 0. The number of aromatic nitrogens is 2. The van der Waals surface area contributed by atoms with E-state index in [9.17, 15) is 9.59 Å². The summed E-state index contributed by atoms with van der Waals surface area (Å²) in [5.41, 5.74) is 1.99. The monoisotopic (exact) mass is 328 g/mol. The fourth-order valence-electron chi connectivity index (χ4n) is 2.47. The van der Waals surface area contributed by atoms with E-state index in [1.165, 1.54) is 0 Å². The molecule has 0 fully saturated rings. The molecule has 6 nitrogen and oxygen atoms in total. The molecule has 0 saturated heterocycles. The molecule has 0 radical (unpaired) electrons. The molecule has 0 aliphatic rings. The predicted molar refractivity (Wildman–Crippen MR) is 88.2 cm³/mol. The van der Waals surface area contributed by atoms with Gasteiger partial charge in [-0.15, -0.1) is 0 Å². The molecule has 0 N–H and O–H groups in total. The molecular formula is C18H20N2O4. The lowest BCUT2D eigenvalue weighted by Crippen LogP contribution is -2.27. The summed E-state index contributed by atoms with van der Waals surface area (Å²) < 4.78 is 10.2. The Balaban J connectivity index is 2.60. The van der Waals surface area contributed by atoms with E-state index in [1.54, 1.807) is 44.4 Å². The van der Waals surface area contributed by atoms with Gasteiger partial charge in [0.05, 0.1) is 13.2 Å². The number of ether oxygens (including phenoxy) is 2. The van der Waals surface area contributed by atoms with Gasteiger partial charge in [-0.2, -0.15) is 0 Å². The van der Waals surface area contributed by atoms with Crippen LogP contribution in [0.2, 0.25) is 0 Å². The average molecular weight is 328 g/mol. The minimum absolute atomic E-state index is 0.178. The maximum absolute atomic E-state index is 12.4. The number of hydrogen-bond acceptors (Lipinski definition) is 6. The molecule has 24 heavy (non-hydrogen) atoms. The van der Waals surface area contributed by atoms with Gasteiger partial charge < -0.3 is 9.47 Å². The van der Waals surface area contributed by atoms with Crippen molar-refractivity contribution in [2.24, 2.45) is 0 Å². The number of esters is 2. The van der Waals surface area contributed by atoms with Gasteiger partial charge in [-0.1, -0.05) is 18.2 Å². The van der Waals surface area contributed by atoms with Crippen LogP contribution in [0.3, 0.4) is 0 Å². The summed E-state index contributed by atoms with van der Waals surface area (Å²) in [5.74, 6) is -2.00. The minimum atomic E-state index is -1.16. The Hall–Kier alpha value is -2.76. The summed E-state index contributed by atoms with van der Waals surface area (Å²) >= 11 is 0. The van der Waals surface area contributed by atoms with Crippen LogP contribution in [0.15, 0.2) is 36.7 Å². The van der Waals surface area contributed by atoms with Crippen LogP contribution in [0.1, 0.15) is 30.9 Å². The third kappa shape index (κ3) is 3.76. The fourth-order valence-corrected chi connectivity index (χ4v) is 2.47. The van der Waals surface area contributed by atoms with Crippen LogP contribution >= 0.6 is 0 Å². The van der Waals surface area contributed by atoms with E-state index in [0.717, 1.165) is 5.56 Å². The second kappa shape index (κ2) is 8.19. The Labute approximate surface area is 140 Å². The Morgan fingerprint density at radius 3 is 2.12 bits per heavy atom. The zero-order valence-electron chi connectivity index (χ0n) is 14.0. The average Bonchev–Trinajstić information content (AvgIpc) is 2.56. The van der Waals surface area contributed by atoms with Crippen molar-refractivity contribution >= 4 is 11.9 Å².